The van der Waals surface area contributed by atoms with Crippen LogP contribution in [0.15, 0.2) is 41.3 Å². The van der Waals surface area contributed by atoms with E-state index in [4.69, 9.17) is 4.74 Å². The van der Waals surface area contributed by atoms with Crippen LogP contribution in [0.3, 0.4) is 0 Å². The van der Waals surface area contributed by atoms with Crippen LogP contribution < -0.4 is 10.1 Å². The summed E-state index contributed by atoms with van der Waals surface area (Å²) in [6.07, 6.45) is 0. The normalized spacial score (nSPS) is 11.5. The second-order valence-corrected chi connectivity index (χ2v) is 8.16. The Morgan fingerprint density at radius 3 is 2.43 bits per heavy atom. The van der Waals surface area contributed by atoms with E-state index < -0.39 is 21.7 Å². The highest BCUT2D eigenvalue weighted by molar-refractivity contribution is 7.89. The molecule has 0 saturated carbocycles. The molecule has 0 bridgehead atoms. The number of sulfonamides is 1. The minimum Gasteiger partial charge on any atom is -0.496 e. The molecule has 0 atom stereocenters. The molecule has 0 aliphatic heterocycles. The van der Waals surface area contributed by atoms with Gasteiger partial charge in [0.2, 0.25) is 10.0 Å². The molecule has 1 amide bonds. The summed E-state index contributed by atoms with van der Waals surface area (Å²) in [6, 6.07) is 8.72. The van der Waals surface area contributed by atoms with Gasteiger partial charge in [-0.1, -0.05) is 26.0 Å². The second-order valence-electron chi connectivity index (χ2n) is 6.22. The number of halogens is 1. The van der Waals surface area contributed by atoms with Gasteiger partial charge in [-0.05, 0) is 42.3 Å². The average Bonchev–Trinajstić information content (AvgIpc) is 2.68. The van der Waals surface area contributed by atoms with Crippen molar-refractivity contribution in [3.63, 3.8) is 0 Å². The summed E-state index contributed by atoms with van der Waals surface area (Å²) >= 11 is 0. The van der Waals surface area contributed by atoms with Gasteiger partial charge in [0.15, 0.2) is 0 Å². The number of methoxy groups -OCH3 is 1. The quantitative estimate of drug-likeness (QED) is 0.728. The van der Waals surface area contributed by atoms with Gasteiger partial charge in [-0.15, -0.1) is 0 Å². The molecule has 1 N–H and O–H groups in total. The van der Waals surface area contributed by atoms with Gasteiger partial charge in [-0.2, -0.15) is 4.31 Å². The van der Waals surface area contributed by atoms with Crippen LogP contribution in [0.25, 0.3) is 0 Å². The molecule has 8 heteroatoms. The number of aryl methyl sites for hydroxylation is 1. The molecule has 0 aliphatic carbocycles. The lowest BCUT2D eigenvalue weighted by atomic mass is 10.1. The van der Waals surface area contributed by atoms with Gasteiger partial charge in [0.1, 0.15) is 11.6 Å². The number of rotatable bonds is 8. The summed E-state index contributed by atoms with van der Waals surface area (Å²) < 4.78 is 45.9. The number of amides is 1. The van der Waals surface area contributed by atoms with Gasteiger partial charge in [0.25, 0.3) is 5.91 Å². The van der Waals surface area contributed by atoms with Crippen molar-refractivity contribution in [1.29, 1.82) is 0 Å². The SMILES string of the molecule is CCN(CC)S(=O)(=O)c1ccc(F)c(C(=O)NCc2ccc(C)c(OC)c2)c1. The van der Waals surface area contributed by atoms with Crippen molar-refractivity contribution in [2.75, 3.05) is 20.2 Å². The van der Waals surface area contributed by atoms with Gasteiger partial charge in [-0.25, -0.2) is 12.8 Å². The first-order valence-corrected chi connectivity index (χ1v) is 10.4. The van der Waals surface area contributed by atoms with Crippen LogP contribution in [-0.4, -0.2) is 38.8 Å². The number of ether oxygens (including phenoxy) is 1. The van der Waals surface area contributed by atoms with Crippen molar-refractivity contribution in [3.8, 4) is 5.75 Å². The van der Waals surface area contributed by atoms with E-state index >= 15 is 0 Å². The first kappa shape index (κ1) is 21.8. The number of nitrogens with one attached hydrogen (secondary N) is 1. The van der Waals surface area contributed by atoms with Crippen molar-refractivity contribution in [3.05, 3.63) is 58.9 Å². The highest BCUT2D eigenvalue weighted by Gasteiger charge is 2.24. The number of nitrogens with zero attached hydrogens (tertiary/aromatic N) is 1. The standard InChI is InChI=1S/C20H25FN2O4S/c1-5-23(6-2)28(25,26)16-9-10-18(21)17(12-16)20(24)22-13-15-8-7-14(3)19(11-15)27-4/h7-12H,5-6,13H2,1-4H3,(H,22,24). The molecule has 28 heavy (non-hydrogen) atoms. The fourth-order valence-electron chi connectivity index (χ4n) is 2.80. The molecule has 0 aliphatic rings. The Hall–Kier alpha value is -2.45. The number of hydrogen-bond donors (Lipinski definition) is 1. The first-order chi connectivity index (χ1) is 13.2. The molecule has 0 aromatic heterocycles. The molecule has 0 saturated heterocycles. The third kappa shape index (κ3) is 4.69. The largest absolute Gasteiger partial charge is 0.496 e. The van der Waals surface area contributed by atoms with Gasteiger partial charge in [0, 0.05) is 19.6 Å². The van der Waals surface area contributed by atoms with E-state index in [1.54, 1.807) is 27.0 Å². The van der Waals surface area contributed by atoms with Crippen LogP contribution in [0.4, 0.5) is 4.39 Å². The van der Waals surface area contributed by atoms with Crippen molar-refractivity contribution in [2.24, 2.45) is 0 Å². The van der Waals surface area contributed by atoms with E-state index in [9.17, 15) is 17.6 Å². The number of carbonyl (C=O) groups excluding carboxylic acids is 1. The minimum atomic E-state index is -3.78. The topological polar surface area (TPSA) is 75.7 Å². The van der Waals surface area contributed by atoms with E-state index in [0.717, 1.165) is 23.3 Å². The maximum absolute atomic E-state index is 14.2. The Morgan fingerprint density at radius 1 is 1.14 bits per heavy atom. The van der Waals surface area contributed by atoms with E-state index in [-0.39, 0.29) is 30.1 Å². The number of hydrogen-bond acceptors (Lipinski definition) is 4. The van der Waals surface area contributed by atoms with Gasteiger partial charge in [-0.3, -0.25) is 4.79 Å². The van der Waals surface area contributed by atoms with Crippen molar-refractivity contribution in [1.82, 2.24) is 9.62 Å². The van der Waals surface area contributed by atoms with E-state index in [2.05, 4.69) is 5.32 Å². The second kappa shape index (κ2) is 9.16. The summed E-state index contributed by atoms with van der Waals surface area (Å²) in [5, 5.41) is 2.62. The molecule has 0 fully saturated rings. The lowest BCUT2D eigenvalue weighted by molar-refractivity contribution is 0.0946. The lowest BCUT2D eigenvalue weighted by Crippen LogP contribution is -2.31. The zero-order valence-electron chi connectivity index (χ0n) is 16.5. The van der Waals surface area contributed by atoms with Gasteiger partial charge >= 0.3 is 0 Å². The summed E-state index contributed by atoms with van der Waals surface area (Å²) in [5.41, 5.74) is 1.42. The monoisotopic (exact) mass is 408 g/mol. The molecule has 2 rings (SSSR count). The zero-order chi connectivity index (χ0) is 20.9. The summed E-state index contributed by atoms with van der Waals surface area (Å²) in [6.45, 7) is 6.06. The molecular weight excluding hydrogens is 383 g/mol. The maximum Gasteiger partial charge on any atom is 0.254 e. The van der Waals surface area contributed by atoms with Crippen LogP contribution in [-0.2, 0) is 16.6 Å². The predicted molar refractivity (Wildman–Crippen MR) is 105 cm³/mol. The fraction of sp³-hybridized carbons (Fsp3) is 0.350. The van der Waals surface area contributed by atoms with Crippen LogP contribution in [0, 0.1) is 12.7 Å². The van der Waals surface area contributed by atoms with Gasteiger partial charge < -0.3 is 10.1 Å². The third-order valence-corrected chi connectivity index (χ3v) is 6.50. The zero-order valence-corrected chi connectivity index (χ0v) is 17.3. The summed E-state index contributed by atoms with van der Waals surface area (Å²) in [4.78, 5) is 12.3. The number of carbonyl (C=O) groups is 1. The first-order valence-electron chi connectivity index (χ1n) is 8.96. The molecular formula is C20H25FN2O4S. The van der Waals surface area contributed by atoms with Crippen LogP contribution in [0.5, 0.6) is 5.75 Å². The highest BCUT2D eigenvalue weighted by Crippen LogP contribution is 2.21. The number of benzene rings is 2. The molecule has 0 heterocycles. The van der Waals surface area contributed by atoms with Crippen molar-refractivity contribution < 1.29 is 22.3 Å². The molecule has 0 radical (unpaired) electrons. The average molecular weight is 408 g/mol. The third-order valence-electron chi connectivity index (χ3n) is 4.45. The Kier molecular flexibility index (Phi) is 7.15. The van der Waals surface area contributed by atoms with E-state index in [1.807, 2.05) is 19.1 Å². The highest BCUT2D eigenvalue weighted by atomic mass is 32.2. The molecule has 2 aromatic rings. The minimum absolute atomic E-state index is 0.111. The Morgan fingerprint density at radius 2 is 1.82 bits per heavy atom. The fourth-order valence-corrected chi connectivity index (χ4v) is 4.29. The van der Waals surface area contributed by atoms with E-state index in [1.165, 1.54) is 10.4 Å². The molecule has 152 valence electrons. The Bertz CT molecular complexity index is 957. The Balaban J connectivity index is 2.24. The van der Waals surface area contributed by atoms with E-state index in [0.29, 0.717) is 5.75 Å². The van der Waals surface area contributed by atoms with Crippen LogP contribution in [0.2, 0.25) is 0 Å². The molecule has 0 unspecified atom stereocenters. The molecule has 6 nitrogen and oxygen atoms in total. The van der Waals surface area contributed by atoms with Crippen molar-refractivity contribution in [2.45, 2.75) is 32.2 Å². The summed E-state index contributed by atoms with van der Waals surface area (Å²) in [7, 11) is -2.23. The molecule has 2 aromatic carbocycles. The molecule has 0 spiro atoms. The lowest BCUT2D eigenvalue weighted by Gasteiger charge is -2.19. The van der Waals surface area contributed by atoms with Gasteiger partial charge in [0.05, 0.1) is 17.6 Å². The van der Waals surface area contributed by atoms with Crippen LogP contribution >= 0.6 is 0 Å². The smallest absolute Gasteiger partial charge is 0.254 e. The van der Waals surface area contributed by atoms with Crippen LogP contribution in [0.1, 0.15) is 35.3 Å². The predicted octanol–water partition coefficient (Wildman–Crippen LogP) is 3.10. The summed E-state index contributed by atoms with van der Waals surface area (Å²) in [5.74, 6) is -0.781. The van der Waals surface area contributed by atoms with Crippen molar-refractivity contribution >= 4 is 15.9 Å². The Labute approximate surface area is 165 Å². The maximum atomic E-state index is 14.2.